The minimum absolute atomic E-state index is 0.00272. The smallest absolute Gasteiger partial charge is 0.394 e. The second-order valence-electron chi connectivity index (χ2n) is 6.33. The van der Waals surface area contributed by atoms with Crippen LogP contribution >= 0.6 is 0 Å². The maximum atomic E-state index is 11.2. The van der Waals surface area contributed by atoms with Gasteiger partial charge in [0.15, 0.2) is 0 Å². The zero-order valence-corrected chi connectivity index (χ0v) is 13.9. The summed E-state index contributed by atoms with van der Waals surface area (Å²) in [5, 5.41) is 19.7. The predicted octanol–water partition coefficient (Wildman–Crippen LogP) is 1.84. The Morgan fingerprint density at radius 3 is 2.28 bits per heavy atom. The molecule has 0 radical (unpaired) electrons. The second kappa shape index (κ2) is 9.05. The van der Waals surface area contributed by atoms with Crippen molar-refractivity contribution in [2.45, 2.75) is 44.6 Å². The summed E-state index contributed by atoms with van der Waals surface area (Å²) in [5.74, 6) is -3.02. The van der Waals surface area contributed by atoms with Crippen LogP contribution in [0.2, 0.25) is 0 Å². The molecule has 1 fully saturated rings. The molecule has 0 aliphatic heterocycles. The monoisotopic (exact) mass is 349 g/mol. The average molecular weight is 349 g/mol. The molecule has 1 amide bonds. The van der Waals surface area contributed by atoms with Gasteiger partial charge in [0, 0.05) is 6.42 Å². The zero-order chi connectivity index (χ0) is 18.2. The second-order valence-corrected chi connectivity index (χ2v) is 6.33. The number of hydrogen-bond donors (Lipinski definition) is 3. The fraction of sp³-hybridized carbons (Fsp3) is 0.500. The molecule has 7 nitrogen and oxygen atoms in total. The van der Waals surface area contributed by atoms with E-state index in [4.69, 9.17) is 14.9 Å². The van der Waals surface area contributed by atoms with E-state index in [2.05, 4.69) is 0 Å². The molecule has 3 N–H and O–H groups in total. The Bertz CT molecular complexity index is 606. The van der Waals surface area contributed by atoms with Crippen molar-refractivity contribution in [1.29, 1.82) is 0 Å². The minimum atomic E-state index is -1.71. The molecule has 0 saturated heterocycles. The summed E-state index contributed by atoms with van der Waals surface area (Å²) < 4.78 is 5.79. The lowest BCUT2D eigenvalue weighted by atomic mass is 9.90. The third-order valence-electron chi connectivity index (χ3n) is 4.37. The largest absolute Gasteiger partial charge is 0.493 e. The van der Waals surface area contributed by atoms with Gasteiger partial charge in [-0.1, -0.05) is 31.4 Å². The summed E-state index contributed by atoms with van der Waals surface area (Å²) in [7, 11) is 0. The number of aliphatic carboxylic acids is 2. The van der Waals surface area contributed by atoms with E-state index >= 15 is 0 Å². The number of carbonyl (C=O) groups is 3. The topological polar surface area (TPSA) is 113 Å². The van der Waals surface area contributed by atoms with Gasteiger partial charge < -0.3 is 20.3 Å². The third-order valence-corrected chi connectivity index (χ3v) is 4.37. The van der Waals surface area contributed by atoms with Crippen LogP contribution in [-0.2, 0) is 20.8 Å². The molecule has 0 aromatic heterocycles. The average Bonchev–Trinajstić information content (AvgIpc) is 2.61. The number of carboxylic acid groups (broad SMARTS) is 2. The number of hydrogen-bond acceptors (Lipinski definition) is 4. The number of nitrogens with one attached hydrogen (secondary N) is 1. The Hall–Kier alpha value is -2.57. The van der Waals surface area contributed by atoms with Crippen molar-refractivity contribution in [1.82, 2.24) is 5.32 Å². The van der Waals surface area contributed by atoms with E-state index in [1.165, 1.54) is 32.1 Å². The standard InChI is InChI=1S/C18H23NO6/c20-16(18(23)24)19-15(17(21)22)10-12-6-8-14(9-7-12)25-11-13-4-2-1-3-5-13/h6-9,13,15H,1-5,10-11H2,(H,19,20)(H,21,22)(H,23,24). The SMILES string of the molecule is O=C(O)C(=O)NC(Cc1ccc(OCC2CCCCC2)cc1)C(=O)O. The lowest BCUT2D eigenvalue weighted by Crippen LogP contribution is -2.45. The maximum absolute atomic E-state index is 11.2. The molecule has 7 heteroatoms. The summed E-state index contributed by atoms with van der Waals surface area (Å²) in [6, 6.07) is 5.67. The van der Waals surface area contributed by atoms with E-state index in [1.807, 2.05) is 5.32 Å². The maximum Gasteiger partial charge on any atom is 0.394 e. The Morgan fingerprint density at radius 2 is 1.72 bits per heavy atom. The van der Waals surface area contributed by atoms with Crippen LogP contribution in [0.25, 0.3) is 0 Å². The van der Waals surface area contributed by atoms with E-state index in [-0.39, 0.29) is 6.42 Å². The first-order chi connectivity index (χ1) is 12.0. The first kappa shape index (κ1) is 18.8. The van der Waals surface area contributed by atoms with Gasteiger partial charge in [0.2, 0.25) is 0 Å². The van der Waals surface area contributed by atoms with Gasteiger partial charge in [-0.3, -0.25) is 4.79 Å². The van der Waals surface area contributed by atoms with Crippen LogP contribution in [0.15, 0.2) is 24.3 Å². The molecule has 1 saturated carbocycles. The highest BCUT2D eigenvalue weighted by Crippen LogP contribution is 2.24. The Balaban J connectivity index is 1.87. The molecule has 2 rings (SSSR count). The Kier molecular flexibility index (Phi) is 6.80. The van der Waals surface area contributed by atoms with Gasteiger partial charge in [0.05, 0.1) is 6.61 Å². The quantitative estimate of drug-likeness (QED) is 0.648. The highest BCUT2D eigenvalue weighted by Gasteiger charge is 2.23. The molecule has 1 aromatic carbocycles. The number of benzene rings is 1. The Labute approximate surface area is 146 Å². The number of ether oxygens (including phenoxy) is 1. The van der Waals surface area contributed by atoms with Crippen molar-refractivity contribution < 1.29 is 29.3 Å². The number of rotatable bonds is 7. The van der Waals surface area contributed by atoms with Gasteiger partial charge in [-0.2, -0.15) is 0 Å². The van der Waals surface area contributed by atoms with Crippen molar-refractivity contribution in [3.05, 3.63) is 29.8 Å². The van der Waals surface area contributed by atoms with Crippen molar-refractivity contribution in [2.75, 3.05) is 6.61 Å². The van der Waals surface area contributed by atoms with E-state index in [1.54, 1.807) is 24.3 Å². The van der Waals surface area contributed by atoms with Crippen molar-refractivity contribution in [2.24, 2.45) is 5.92 Å². The lowest BCUT2D eigenvalue weighted by molar-refractivity contribution is -0.152. The van der Waals surface area contributed by atoms with Gasteiger partial charge in [-0.05, 0) is 36.5 Å². The van der Waals surface area contributed by atoms with Crippen molar-refractivity contribution in [3.63, 3.8) is 0 Å². The van der Waals surface area contributed by atoms with Gasteiger partial charge >= 0.3 is 17.8 Å². The van der Waals surface area contributed by atoms with Crippen LogP contribution in [0, 0.1) is 5.92 Å². The predicted molar refractivity (Wildman–Crippen MR) is 89.4 cm³/mol. The first-order valence-corrected chi connectivity index (χ1v) is 8.44. The van der Waals surface area contributed by atoms with Gasteiger partial charge in [0.25, 0.3) is 0 Å². The summed E-state index contributed by atoms with van der Waals surface area (Å²) in [6.45, 7) is 0.686. The van der Waals surface area contributed by atoms with E-state index in [9.17, 15) is 14.4 Å². The lowest BCUT2D eigenvalue weighted by Gasteiger charge is -2.21. The first-order valence-electron chi connectivity index (χ1n) is 8.44. The molecule has 1 atom stereocenters. The fourth-order valence-corrected chi connectivity index (χ4v) is 2.95. The molecule has 1 aliphatic rings. The molecule has 1 unspecified atom stereocenters. The fourth-order valence-electron chi connectivity index (χ4n) is 2.95. The molecule has 0 bridgehead atoms. The highest BCUT2D eigenvalue weighted by atomic mass is 16.5. The molecule has 136 valence electrons. The number of carboxylic acids is 2. The molecule has 0 spiro atoms. The molecule has 1 aromatic rings. The summed E-state index contributed by atoms with van der Waals surface area (Å²) >= 11 is 0. The third kappa shape index (κ3) is 6.10. The van der Waals surface area contributed by atoms with E-state index in [0.29, 0.717) is 18.1 Å². The molecule has 25 heavy (non-hydrogen) atoms. The molecular formula is C18H23NO6. The molecule has 1 aliphatic carbocycles. The normalized spacial score (nSPS) is 16.0. The van der Waals surface area contributed by atoms with Gasteiger partial charge in [0.1, 0.15) is 11.8 Å². The number of carbonyl (C=O) groups excluding carboxylic acids is 1. The molecule has 0 heterocycles. The van der Waals surface area contributed by atoms with Crippen LogP contribution in [0.1, 0.15) is 37.7 Å². The van der Waals surface area contributed by atoms with E-state index < -0.39 is 23.9 Å². The van der Waals surface area contributed by atoms with Crippen LogP contribution in [0.3, 0.4) is 0 Å². The van der Waals surface area contributed by atoms with Gasteiger partial charge in [-0.15, -0.1) is 0 Å². The number of amides is 1. The van der Waals surface area contributed by atoms with Crippen LogP contribution in [0.5, 0.6) is 5.75 Å². The van der Waals surface area contributed by atoms with Crippen LogP contribution < -0.4 is 10.1 Å². The zero-order valence-electron chi connectivity index (χ0n) is 13.9. The van der Waals surface area contributed by atoms with E-state index in [0.717, 1.165) is 5.75 Å². The molecular weight excluding hydrogens is 326 g/mol. The summed E-state index contributed by atoms with van der Waals surface area (Å²) in [4.78, 5) is 32.9. The van der Waals surface area contributed by atoms with Crippen LogP contribution in [0.4, 0.5) is 0 Å². The van der Waals surface area contributed by atoms with Crippen LogP contribution in [-0.4, -0.2) is 40.7 Å². The summed E-state index contributed by atoms with van der Waals surface area (Å²) in [6.07, 6.45) is 6.20. The summed E-state index contributed by atoms with van der Waals surface area (Å²) in [5.41, 5.74) is 0.670. The van der Waals surface area contributed by atoms with Crippen molar-refractivity contribution >= 4 is 17.8 Å². The highest BCUT2D eigenvalue weighted by molar-refractivity contribution is 6.31. The Morgan fingerprint density at radius 1 is 1.08 bits per heavy atom. The van der Waals surface area contributed by atoms with Gasteiger partial charge in [-0.25, -0.2) is 9.59 Å². The van der Waals surface area contributed by atoms with Crippen molar-refractivity contribution in [3.8, 4) is 5.75 Å². The minimum Gasteiger partial charge on any atom is -0.493 e.